The van der Waals surface area contributed by atoms with Crippen LogP contribution in [0.25, 0.3) is 0 Å². The minimum Gasteiger partial charge on any atom is -0.395 e. The molecule has 72 valence electrons. The van der Waals surface area contributed by atoms with Crippen molar-refractivity contribution >= 4 is 0 Å². The number of nitrogens with zero attached hydrogens (tertiary/aromatic N) is 1. The molecule has 1 fully saturated rings. The molecule has 2 heteroatoms. The van der Waals surface area contributed by atoms with E-state index in [1.807, 2.05) is 0 Å². The fourth-order valence-electron chi connectivity index (χ4n) is 2.07. The average molecular weight is 171 g/mol. The van der Waals surface area contributed by atoms with E-state index in [0.717, 1.165) is 13.0 Å². The third-order valence-electron chi connectivity index (χ3n) is 2.70. The Morgan fingerprint density at radius 1 is 1.33 bits per heavy atom. The van der Waals surface area contributed by atoms with E-state index in [4.69, 9.17) is 0 Å². The van der Waals surface area contributed by atoms with Gasteiger partial charge in [-0.05, 0) is 40.2 Å². The van der Waals surface area contributed by atoms with E-state index in [1.54, 1.807) is 0 Å². The summed E-state index contributed by atoms with van der Waals surface area (Å²) < 4.78 is 0. The molecule has 0 aromatic rings. The first-order chi connectivity index (χ1) is 5.55. The highest BCUT2D eigenvalue weighted by Crippen LogP contribution is 2.24. The highest BCUT2D eigenvalue weighted by atomic mass is 16.3. The highest BCUT2D eigenvalue weighted by Gasteiger charge is 2.30. The van der Waals surface area contributed by atoms with Crippen molar-refractivity contribution in [3.63, 3.8) is 0 Å². The molecule has 2 nitrogen and oxygen atoms in total. The Morgan fingerprint density at radius 2 is 2.00 bits per heavy atom. The Hall–Kier alpha value is -0.0800. The van der Waals surface area contributed by atoms with Crippen molar-refractivity contribution in [3.05, 3.63) is 0 Å². The second-order valence-corrected chi connectivity index (χ2v) is 4.70. The molecular weight excluding hydrogens is 150 g/mol. The van der Waals surface area contributed by atoms with E-state index >= 15 is 0 Å². The molecule has 1 atom stereocenters. The molecule has 0 spiro atoms. The molecule has 0 aromatic carbocycles. The van der Waals surface area contributed by atoms with Crippen molar-refractivity contribution in [2.45, 2.75) is 51.6 Å². The summed E-state index contributed by atoms with van der Waals surface area (Å²) >= 11 is 0. The third-order valence-corrected chi connectivity index (χ3v) is 2.70. The predicted molar refractivity (Wildman–Crippen MR) is 51.2 cm³/mol. The molecule has 0 radical (unpaired) electrons. The van der Waals surface area contributed by atoms with E-state index in [2.05, 4.69) is 25.7 Å². The number of aliphatic hydroxyl groups excluding tert-OH is 1. The van der Waals surface area contributed by atoms with Crippen molar-refractivity contribution in [1.82, 2.24) is 4.90 Å². The zero-order valence-corrected chi connectivity index (χ0v) is 8.51. The molecule has 12 heavy (non-hydrogen) atoms. The summed E-state index contributed by atoms with van der Waals surface area (Å²) in [6.07, 6.45) is 3.72. The Morgan fingerprint density at radius 3 is 2.42 bits per heavy atom. The SMILES string of the molecule is CC(C)(C)N1CCCC[C@H]1CO. The summed E-state index contributed by atoms with van der Waals surface area (Å²) in [6, 6.07) is 0.402. The van der Waals surface area contributed by atoms with Gasteiger partial charge in [0.05, 0.1) is 6.61 Å². The van der Waals surface area contributed by atoms with Gasteiger partial charge in [0.15, 0.2) is 0 Å². The number of hydrogen-bond donors (Lipinski definition) is 1. The maximum Gasteiger partial charge on any atom is 0.0587 e. The normalized spacial score (nSPS) is 27.5. The Bertz CT molecular complexity index is 139. The van der Waals surface area contributed by atoms with Crippen LogP contribution in [0, 0.1) is 0 Å². The van der Waals surface area contributed by atoms with E-state index in [9.17, 15) is 5.11 Å². The average Bonchev–Trinajstić information content (AvgIpc) is 2.03. The van der Waals surface area contributed by atoms with Crippen LogP contribution >= 0.6 is 0 Å². The molecule has 1 aliphatic rings. The van der Waals surface area contributed by atoms with Gasteiger partial charge in [-0.3, -0.25) is 4.90 Å². The van der Waals surface area contributed by atoms with Gasteiger partial charge in [0.1, 0.15) is 0 Å². The second kappa shape index (κ2) is 3.75. The topological polar surface area (TPSA) is 23.5 Å². The van der Waals surface area contributed by atoms with Gasteiger partial charge in [-0.1, -0.05) is 6.42 Å². The number of piperidine rings is 1. The summed E-state index contributed by atoms with van der Waals surface area (Å²) in [7, 11) is 0. The Balaban J connectivity index is 2.59. The Labute approximate surface area is 75.6 Å². The lowest BCUT2D eigenvalue weighted by atomic mass is 9.95. The fraction of sp³-hybridized carbons (Fsp3) is 1.00. The molecule has 1 saturated heterocycles. The first-order valence-corrected chi connectivity index (χ1v) is 4.93. The van der Waals surface area contributed by atoms with Gasteiger partial charge in [0.2, 0.25) is 0 Å². The lowest BCUT2D eigenvalue weighted by Gasteiger charge is -2.43. The first kappa shape index (κ1) is 10.0. The molecule has 0 unspecified atom stereocenters. The highest BCUT2D eigenvalue weighted by molar-refractivity contribution is 4.85. The van der Waals surface area contributed by atoms with Gasteiger partial charge in [0.25, 0.3) is 0 Å². The van der Waals surface area contributed by atoms with Crippen LogP contribution < -0.4 is 0 Å². The van der Waals surface area contributed by atoms with Crippen molar-refractivity contribution in [2.75, 3.05) is 13.2 Å². The third kappa shape index (κ3) is 2.20. The Kier molecular flexibility index (Phi) is 3.13. The van der Waals surface area contributed by atoms with Crippen LogP contribution in [0.4, 0.5) is 0 Å². The summed E-state index contributed by atoms with van der Waals surface area (Å²) in [4.78, 5) is 2.43. The second-order valence-electron chi connectivity index (χ2n) is 4.70. The van der Waals surface area contributed by atoms with Gasteiger partial charge in [-0.2, -0.15) is 0 Å². The zero-order valence-electron chi connectivity index (χ0n) is 8.51. The van der Waals surface area contributed by atoms with E-state index in [0.29, 0.717) is 12.6 Å². The zero-order chi connectivity index (χ0) is 9.19. The van der Waals surface area contributed by atoms with Crippen LogP contribution in [0.1, 0.15) is 40.0 Å². The summed E-state index contributed by atoms with van der Waals surface area (Å²) in [5.74, 6) is 0. The molecule has 1 heterocycles. The van der Waals surface area contributed by atoms with Crippen molar-refractivity contribution < 1.29 is 5.11 Å². The molecule has 0 aliphatic carbocycles. The summed E-state index contributed by atoms with van der Waals surface area (Å²) in [5, 5.41) is 9.18. The number of rotatable bonds is 1. The van der Waals surface area contributed by atoms with Crippen molar-refractivity contribution in [2.24, 2.45) is 0 Å². The van der Waals surface area contributed by atoms with Crippen molar-refractivity contribution in [1.29, 1.82) is 0 Å². The van der Waals surface area contributed by atoms with E-state index < -0.39 is 0 Å². The van der Waals surface area contributed by atoms with Crippen molar-refractivity contribution in [3.8, 4) is 0 Å². The molecule has 0 amide bonds. The first-order valence-electron chi connectivity index (χ1n) is 4.93. The maximum absolute atomic E-state index is 9.18. The molecule has 1 aliphatic heterocycles. The van der Waals surface area contributed by atoms with Gasteiger partial charge >= 0.3 is 0 Å². The number of likely N-dealkylation sites (tertiary alicyclic amines) is 1. The standard InChI is InChI=1S/C10H21NO/c1-10(2,3)11-7-5-4-6-9(11)8-12/h9,12H,4-8H2,1-3H3/t9-/m0/s1. The van der Waals surface area contributed by atoms with Gasteiger partial charge in [-0.25, -0.2) is 0 Å². The van der Waals surface area contributed by atoms with Gasteiger partial charge in [0, 0.05) is 11.6 Å². The molecule has 1 N–H and O–H groups in total. The molecular formula is C10H21NO. The van der Waals surface area contributed by atoms with Crippen LogP contribution in [0.2, 0.25) is 0 Å². The molecule has 1 rings (SSSR count). The number of aliphatic hydroxyl groups is 1. The van der Waals surface area contributed by atoms with Crippen LogP contribution in [-0.2, 0) is 0 Å². The maximum atomic E-state index is 9.18. The molecule has 0 bridgehead atoms. The number of hydrogen-bond acceptors (Lipinski definition) is 2. The lowest BCUT2D eigenvalue weighted by molar-refractivity contribution is 0.0203. The van der Waals surface area contributed by atoms with Crippen LogP contribution in [-0.4, -0.2) is 34.7 Å². The minimum absolute atomic E-state index is 0.216. The quantitative estimate of drug-likeness (QED) is 0.648. The monoisotopic (exact) mass is 171 g/mol. The predicted octanol–water partition coefficient (Wildman–Crippen LogP) is 1.63. The smallest absolute Gasteiger partial charge is 0.0587 e. The van der Waals surface area contributed by atoms with Crippen LogP contribution in [0.5, 0.6) is 0 Å². The molecule has 0 aromatic heterocycles. The lowest BCUT2D eigenvalue weighted by Crippen LogP contribution is -2.52. The minimum atomic E-state index is 0.216. The summed E-state index contributed by atoms with van der Waals surface area (Å²) in [5.41, 5.74) is 0.216. The summed E-state index contributed by atoms with van der Waals surface area (Å²) in [6.45, 7) is 8.13. The fourth-order valence-corrected chi connectivity index (χ4v) is 2.07. The van der Waals surface area contributed by atoms with Gasteiger partial charge in [-0.15, -0.1) is 0 Å². The van der Waals surface area contributed by atoms with Gasteiger partial charge < -0.3 is 5.11 Å². The largest absolute Gasteiger partial charge is 0.395 e. The van der Waals surface area contributed by atoms with E-state index in [1.165, 1.54) is 12.8 Å². The van der Waals surface area contributed by atoms with Crippen LogP contribution in [0.3, 0.4) is 0 Å². The molecule has 0 saturated carbocycles. The van der Waals surface area contributed by atoms with E-state index in [-0.39, 0.29) is 5.54 Å². The van der Waals surface area contributed by atoms with Crippen LogP contribution in [0.15, 0.2) is 0 Å².